The first kappa shape index (κ1) is 21.3. The van der Waals surface area contributed by atoms with Gasteiger partial charge in [0.05, 0.1) is 12.4 Å². The minimum Gasteiger partial charge on any atom is -0.461 e. The van der Waals surface area contributed by atoms with Crippen molar-refractivity contribution < 1.29 is 9.15 Å². The first-order valence-corrected chi connectivity index (χ1v) is 12.2. The van der Waals surface area contributed by atoms with Gasteiger partial charge in [0, 0.05) is 31.5 Å². The molecule has 0 amide bonds. The summed E-state index contributed by atoms with van der Waals surface area (Å²) in [5.41, 5.74) is 3.35. The van der Waals surface area contributed by atoms with Crippen molar-refractivity contribution in [3.05, 3.63) is 66.1 Å². The van der Waals surface area contributed by atoms with E-state index in [1.165, 1.54) is 18.4 Å². The van der Waals surface area contributed by atoms with Gasteiger partial charge in [-0.1, -0.05) is 30.3 Å². The Balaban J connectivity index is 1.22. The number of piperidine rings is 1. The first-order valence-electron chi connectivity index (χ1n) is 12.2. The zero-order chi connectivity index (χ0) is 22.7. The fourth-order valence-electron chi connectivity index (χ4n) is 5.06. The van der Waals surface area contributed by atoms with Gasteiger partial charge in [-0.05, 0) is 62.4 Å². The molecule has 3 aromatic heterocycles. The van der Waals surface area contributed by atoms with Crippen LogP contribution < -0.4 is 5.32 Å². The molecule has 8 nitrogen and oxygen atoms in total. The molecule has 0 saturated carbocycles. The topological polar surface area (TPSA) is 80.7 Å². The number of nitrogens with one attached hydrogen (secondary N) is 1. The van der Waals surface area contributed by atoms with E-state index in [2.05, 4.69) is 40.5 Å². The molecule has 2 aliphatic heterocycles. The number of hydrogen-bond acceptors (Lipinski definition) is 7. The molecule has 0 spiro atoms. The van der Waals surface area contributed by atoms with Crippen LogP contribution >= 0.6 is 0 Å². The Bertz CT molecular complexity index is 1210. The van der Waals surface area contributed by atoms with Gasteiger partial charge in [-0.25, -0.2) is 9.97 Å². The van der Waals surface area contributed by atoms with E-state index in [0.29, 0.717) is 30.0 Å². The van der Waals surface area contributed by atoms with Gasteiger partial charge in [0.15, 0.2) is 11.4 Å². The summed E-state index contributed by atoms with van der Waals surface area (Å²) in [4.78, 5) is 12.1. The second-order valence-corrected chi connectivity index (χ2v) is 9.23. The lowest BCUT2D eigenvalue weighted by atomic mass is 9.89. The van der Waals surface area contributed by atoms with E-state index in [1.54, 1.807) is 6.26 Å². The predicted molar refractivity (Wildman–Crippen MR) is 130 cm³/mol. The van der Waals surface area contributed by atoms with E-state index < -0.39 is 0 Å². The highest BCUT2D eigenvalue weighted by molar-refractivity contribution is 5.58. The van der Waals surface area contributed by atoms with Crippen LogP contribution in [-0.4, -0.2) is 56.8 Å². The molecule has 34 heavy (non-hydrogen) atoms. The monoisotopic (exact) mass is 458 g/mol. The SMILES string of the molecule is c1ccc(C2CCN(Cc3cnc(NCC4CCCO4)n4nc(-c5ccco5)nc34)CC2)cc1. The molecule has 2 fully saturated rings. The van der Waals surface area contributed by atoms with Crippen molar-refractivity contribution in [1.82, 2.24) is 24.5 Å². The molecule has 8 heteroatoms. The fourth-order valence-corrected chi connectivity index (χ4v) is 5.06. The molecule has 5 heterocycles. The van der Waals surface area contributed by atoms with E-state index in [0.717, 1.165) is 50.3 Å². The zero-order valence-electron chi connectivity index (χ0n) is 19.3. The maximum atomic E-state index is 5.76. The van der Waals surface area contributed by atoms with Crippen molar-refractivity contribution in [3.8, 4) is 11.6 Å². The lowest BCUT2D eigenvalue weighted by Crippen LogP contribution is -2.32. The Labute approximate surface area is 199 Å². The van der Waals surface area contributed by atoms with Gasteiger partial charge >= 0.3 is 0 Å². The van der Waals surface area contributed by atoms with E-state index in [1.807, 2.05) is 22.8 Å². The Morgan fingerprint density at radius 3 is 2.68 bits per heavy atom. The second-order valence-electron chi connectivity index (χ2n) is 9.23. The van der Waals surface area contributed by atoms with Crippen molar-refractivity contribution in [2.75, 3.05) is 31.6 Å². The number of hydrogen-bond donors (Lipinski definition) is 1. The summed E-state index contributed by atoms with van der Waals surface area (Å²) >= 11 is 0. The molecule has 4 aromatic rings. The summed E-state index contributed by atoms with van der Waals surface area (Å²) in [6.07, 6.45) is 8.32. The highest BCUT2D eigenvalue weighted by Gasteiger charge is 2.23. The van der Waals surface area contributed by atoms with E-state index in [-0.39, 0.29) is 6.10 Å². The van der Waals surface area contributed by atoms with Crippen LogP contribution in [0.4, 0.5) is 5.95 Å². The summed E-state index contributed by atoms with van der Waals surface area (Å²) < 4.78 is 13.1. The van der Waals surface area contributed by atoms with Crippen LogP contribution in [0.1, 0.15) is 42.7 Å². The van der Waals surface area contributed by atoms with Crippen LogP contribution in [0.3, 0.4) is 0 Å². The Morgan fingerprint density at radius 2 is 1.91 bits per heavy atom. The second kappa shape index (κ2) is 9.56. The molecular weight excluding hydrogens is 428 g/mol. The minimum atomic E-state index is 0.218. The van der Waals surface area contributed by atoms with Crippen molar-refractivity contribution in [2.24, 2.45) is 0 Å². The summed E-state index contributed by atoms with van der Waals surface area (Å²) in [7, 11) is 0. The predicted octanol–water partition coefficient (Wildman–Crippen LogP) is 4.35. The number of fused-ring (bicyclic) bond motifs is 1. The lowest BCUT2D eigenvalue weighted by Gasteiger charge is -2.32. The Kier molecular flexibility index (Phi) is 5.99. The fraction of sp³-hybridized carbons (Fsp3) is 0.423. The van der Waals surface area contributed by atoms with E-state index >= 15 is 0 Å². The summed E-state index contributed by atoms with van der Waals surface area (Å²) in [6, 6.07) is 14.6. The minimum absolute atomic E-state index is 0.218. The summed E-state index contributed by atoms with van der Waals surface area (Å²) in [5, 5.41) is 8.16. The number of anilines is 1. The van der Waals surface area contributed by atoms with Gasteiger partial charge in [0.25, 0.3) is 0 Å². The average Bonchev–Trinajstić information content (AvgIpc) is 3.66. The molecule has 1 unspecified atom stereocenters. The number of benzene rings is 1. The number of rotatable bonds is 7. The Morgan fingerprint density at radius 1 is 1.03 bits per heavy atom. The molecule has 1 atom stereocenters. The van der Waals surface area contributed by atoms with Gasteiger partial charge in [0.1, 0.15) is 0 Å². The first-order chi connectivity index (χ1) is 16.8. The molecule has 1 N–H and O–H groups in total. The normalized spacial score (nSPS) is 19.7. The van der Waals surface area contributed by atoms with Crippen molar-refractivity contribution in [1.29, 1.82) is 0 Å². The van der Waals surface area contributed by atoms with Crippen LogP contribution in [0.15, 0.2) is 59.3 Å². The van der Waals surface area contributed by atoms with E-state index in [9.17, 15) is 0 Å². The van der Waals surface area contributed by atoms with Crippen LogP contribution in [0.2, 0.25) is 0 Å². The maximum Gasteiger partial charge on any atom is 0.226 e. The van der Waals surface area contributed by atoms with Crippen molar-refractivity contribution >= 4 is 11.6 Å². The third-order valence-corrected chi connectivity index (χ3v) is 6.94. The standard InChI is InChI=1S/C26H30N6O2/c1-2-6-19(7-3-1)20-10-12-31(13-11-20)18-21-16-27-26(28-17-22-8-4-14-33-22)32-25(21)29-24(30-32)23-9-5-15-34-23/h1-3,5-7,9,15-16,20,22H,4,8,10-14,17-18H2,(H,27,28). The number of aromatic nitrogens is 4. The summed E-state index contributed by atoms with van der Waals surface area (Å²) in [5.74, 6) is 2.55. The largest absolute Gasteiger partial charge is 0.461 e. The molecular formula is C26H30N6O2. The zero-order valence-corrected chi connectivity index (χ0v) is 19.3. The van der Waals surface area contributed by atoms with Crippen molar-refractivity contribution in [3.63, 3.8) is 0 Å². The van der Waals surface area contributed by atoms with Crippen LogP contribution in [0.5, 0.6) is 0 Å². The lowest BCUT2D eigenvalue weighted by molar-refractivity contribution is 0.120. The van der Waals surface area contributed by atoms with Gasteiger partial charge in [-0.15, -0.1) is 5.10 Å². The van der Waals surface area contributed by atoms with Crippen molar-refractivity contribution in [2.45, 2.75) is 44.2 Å². The molecule has 176 valence electrons. The maximum absolute atomic E-state index is 5.76. The quantitative estimate of drug-likeness (QED) is 0.441. The van der Waals surface area contributed by atoms with Crippen LogP contribution in [-0.2, 0) is 11.3 Å². The van der Waals surface area contributed by atoms with E-state index in [4.69, 9.17) is 24.2 Å². The molecule has 6 rings (SSSR count). The highest BCUT2D eigenvalue weighted by Crippen LogP contribution is 2.29. The molecule has 0 aliphatic carbocycles. The number of furan rings is 1. The van der Waals surface area contributed by atoms with Gasteiger partial charge in [-0.2, -0.15) is 4.52 Å². The number of nitrogens with zero attached hydrogens (tertiary/aromatic N) is 5. The van der Waals surface area contributed by atoms with Crippen LogP contribution in [0, 0.1) is 0 Å². The third-order valence-electron chi connectivity index (χ3n) is 6.94. The van der Waals surface area contributed by atoms with Gasteiger partial charge < -0.3 is 14.5 Å². The highest BCUT2D eigenvalue weighted by atomic mass is 16.5. The molecule has 2 aliphatic rings. The third kappa shape index (κ3) is 4.43. The molecule has 0 bridgehead atoms. The number of ether oxygens (including phenoxy) is 1. The number of likely N-dealkylation sites (tertiary alicyclic amines) is 1. The molecule has 0 radical (unpaired) electrons. The molecule has 2 saturated heterocycles. The smallest absolute Gasteiger partial charge is 0.226 e. The molecule has 1 aromatic carbocycles. The van der Waals surface area contributed by atoms with Gasteiger partial charge in [0.2, 0.25) is 11.8 Å². The Hall–Kier alpha value is -3.23. The average molecular weight is 459 g/mol. The van der Waals surface area contributed by atoms with Crippen LogP contribution in [0.25, 0.3) is 17.2 Å². The van der Waals surface area contributed by atoms with Gasteiger partial charge in [-0.3, -0.25) is 4.90 Å². The summed E-state index contributed by atoms with van der Waals surface area (Å²) in [6.45, 7) is 4.47.